The summed E-state index contributed by atoms with van der Waals surface area (Å²) in [6, 6.07) is 22.3. The van der Waals surface area contributed by atoms with Gasteiger partial charge in [-0.15, -0.1) is 11.8 Å². The standard InChI is InChI=1S/C30H25BrN2O4S2/c1-4-37-29(35)25-26(18-8-6-5-7-9-18)32-30-33(27(25)19-10-13-22(38-3)14-11-19)28(34)24(39-30)17-20-16-21(36-2)12-15-23(20)31/h5-17,27H,4H2,1-3H3/b24-17-/t27-/m0/s1. The lowest BCUT2D eigenvalue weighted by molar-refractivity contribution is -0.138. The molecular formula is C30H25BrN2O4S2. The number of methoxy groups -OCH3 is 1. The Labute approximate surface area is 242 Å². The van der Waals surface area contributed by atoms with Gasteiger partial charge in [-0.2, -0.15) is 0 Å². The van der Waals surface area contributed by atoms with Crippen LogP contribution < -0.4 is 19.6 Å². The highest BCUT2D eigenvalue weighted by Crippen LogP contribution is 2.35. The third-order valence-electron chi connectivity index (χ3n) is 6.29. The number of hydrogen-bond acceptors (Lipinski definition) is 7. The first-order chi connectivity index (χ1) is 18.9. The van der Waals surface area contributed by atoms with E-state index >= 15 is 0 Å². The summed E-state index contributed by atoms with van der Waals surface area (Å²) in [6.07, 6.45) is 3.83. The van der Waals surface area contributed by atoms with Gasteiger partial charge < -0.3 is 9.47 Å². The normalized spacial score (nSPS) is 15.1. The molecule has 39 heavy (non-hydrogen) atoms. The molecule has 4 aromatic rings. The summed E-state index contributed by atoms with van der Waals surface area (Å²) in [5.41, 5.74) is 2.98. The molecule has 3 aromatic carbocycles. The Morgan fingerprint density at radius 3 is 2.54 bits per heavy atom. The maximum absolute atomic E-state index is 14.0. The fourth-order valence-electron chi connectivity index (χ4n) is 4.44. The van der Waals surface area contributed by atoms with Crippen molar-refractivity contribution in [3.63, 3.8) is 0 Å². The van der Waals surface area contributed by atoms with Crippen molar-refractivity contribution >= 4 is 56.8 Å². The fraction of sp³-hybridized carbons (Fsp3) is 0.167. The van der Waals surface area contributed by atoms with Crippen molar-refractivity contribution in [2.24, 2.45) is 4.99 Å². The van der Waals surface area contributed by atoms with E-state index in [2.05, 4.69) is 15.9 Å². The van der Waals surface area contributed by atoms with Crippen molar-refractivity contribution in [1.29, 1.82) is 0 Å². The van der Waals surface area contributed by atoms with Crippen molar-refractivity contribution in [2.45, 2.75) is 17.9 Å². The Balaban J connectivity index is 1.82. The van der Waals surface area contributed by atoms with Crippen molar-refractivity contribution < 1.29 is 14.3 Å². The van der Waals surface area contributed by atoms with Gasteiger partial charge in [0.1, 0.15) is 5.75 Å². The molecule has 0 saturated heterocycles. The Bertz CT molecular complexity index is 1740. The quantitative estimate of drug-likeness (QED) is 0.204. The molecule has 1 atom stereocenters. The number of fused-ring (bicyclic) bond motifs is 1. The van der Waals surface area contributed by atoms with Crippen molar-refractivity contribution in [3.8, 4) is 5.75 Å². The Hall–Kier alpha value is -3.40. The van der Waals surface area contributed by atoms with E-state index in [1.165, 1.54) is 11.3 Å². The number of thiazole rings is 1. The van der Waals surface area contributed by atoms with Crippen LogP contribution in [0.15, 0.2) is 97.5 Å². The van der Waals surface area contributed by atoms with Crippen LogP contribution in [0.1, 0.15) is 29.7 Å². The molecule has 1 aliphatic rings. The minimum atomic E-state index is -0.706. The first kappa shape index (κ1) is 27.2. The van der Waals surface area contributed by atoms with Crippen LogP contribution in [0.2, 0.25) is 0 Å². The monoisotopic (exact) mass is 620 g/mol. The SMILES string of the molecule is CCOC(=O)C1=C(c2ccccc2)N=c2s/c(=C\c3cc(OC)ccc3Br)c(=O)n2[C@H]1c1ccc(SC)cc1. The Morgan fingerprint density at radius 2 is 1.87 bits per heavy atom. The number of halogens is 1. The summed E-state index contributed by atoms with van der Waals surface area (Å²) in [6.45, 7) is 1.97. The predicted molar refractivity (Wildman–Crippen MR) is 160 cm³/mol. The molecule has 6 nitrogen and oxygen atoms in total. The van der Waals surface area contributed by atoms with Gasteiger partial charge in [-0.05, 0) is 60.7 Å². The molecule has 0 bridgehead atoms. The highest BCUT2D eigenvalue weighted by Gasteiger charge is 2.35. The lowest BCUT2D eigenvalue weighted by Crippen LogP contribution is -2.40. The number of nitrogens with zero attached hydrogens (tertiary/aromatic N) is 2. The Morgan fingerprint density at radius 1 is 1.13 bits per heavy atom. The molecule has 0 fully saturated rings. The molecule has 9 heteroatoms. The molecule has 0 saturated carbocycles. The molecule has 2 heterocycles. The summed E-state index contributed by atoms with van der Waals surface area (Å²) in [4.78, 5) is 34.0. The largest absolute Gasteiger partial charge is 0.497 e. The van der Waals surface area contributed by atoms with Crippen molar-refractivity contribution in [1.82, 2.24) is 4.57 Å². The lowest BCUT2D eigenvalue weighted by Gasteiger charge is -2.26. The van der Waals surface area contributed by atoms with Gasteiger partial charge in [0.05, 0.1) is 35.6 Å². The third-order valence-corrected chi connectivity index (χ3v) is 8.74. The number of rotatable bonds is 7. The molecular weight excluding hydrogens is 596 g/mol. The first-order valence-corrected chi connectivity index (χ1v) is 15.0. The van der Waals surface area contributed by atoms with Gasteiger partial charge in [0.2, 0.25) is 0 Å². The minimum Gasteiger partial charge on any atom is -0.497 e. The van der Waals surface area contributed by atoms with E-state index in [1.54, 1.807) is 30.4 Å². The number of ether oxygens (including phenoxy) is 2. The maximum atomic E-state index is 14.0. The van der Waals surface area contributed by atoms with Gasteiger partial charge in [0.15, 0.2) is 4.80 Å². The number of carbonyl (C=O) groups excluding carboxylic acids is 1. The topological polar surface area (TPSA) is 69.9 Å². The molecule has 0 N–H and O–H groups in total. The number of thioether (sulfide) groups is 1. The van der Waals surface area contributed by atoms with E-state index in [1.807, 2.05) is 85.1 Å². The van der Waals surface area contributed by atoms with Crippen LogP contribution in [0, 0.1) is 0 Å². The first-order valence-electron chi connectivity index (χ1n) is 12.2. The van der Waals surface area contributed by atoms with Crippen LogP contribution in [-0.2, 0) is 9.53 Å². The summed E-state index contributed by atoms with van der Waals surface area (Å²) in [5.74, 6) is 0.184. The van der Waals surface area contributed by atoms with Gasteiger partial charge in [-0.1, -0.05) is 69.7 Å². The number of aromatic nitrogens is 1. The zero-order chi connectivity index (χ0) is 27.5. The summed E-state index contributed by atoms with van der Waals surface area (Å²) >= 11 is 6.49. The summed E-state index contributed by atoms with van der Waals surface area (Å²) in [7, 11) is 1.60. The van der Waals surface area contributed by atoms with E-state index < -0.39 is 12.0 Å². The van der Waals surface area contributed by atoms with Crippen molar-refractivity contribution in [2.75, 3.05) is 20.0 Å². The van der Waals surface area contributed by atoms with Crippen LogP contribution in [-0.4, -0.2) is 30.5 Å². The zero-order valence-corrected chi connectivity index (χ0v) is 24.7. The Kier molecular flexibility index (Phi) is 8.20. The van der Waals surface area contributed by atoms with Gasteiger partial charge in [-0.3, -0.25) is 9.36 Å². The molecule has 5 rings (SSSR count). The average molecular weight is 622 g/mol. The number of hydrogen-bond donors (Lipinski definition) is 0. The molecule has 198 valence electrons. The molecule has 1 aliphatic heterocycles. The third kappa shape index (κ3) is 5.39. The van der Waals surface area contributed by atoms with Crippen LogP contribution in [0.4, 0.5) is 0 Å². The highest BCUT2D eigenvalue weighted by atomic mass is 79.9. The average Bonchev–Trinajstić information content (AvgIpc) is 3.28. The van der Waals surface area contributed by atoms with E-state index in [4.69, 9.17) is 14.5 Å². The van der Waals surface area contributed by atoms with E-state index in [-0.39, 0.29) is 12.2 Å². The van der Waals surface area contributed by atoms with Gasteiger partial charge in [-0.25, -0.2) is 9.79 Å². The number of benzene rings is 3. The molecule has 0 aliphatic carbocycles. The fourth-order valence-corrected chi connectivity index (χ4v) is 6.20. The molecule has 1 aromatic heterocycles. The number of esters is 1. The maximum Gasteiger partial charge on any atom is 0.338 e. The number of carbonyl (C=O) groups is 1. The summed E-state index contributed by atoms with van der Waals surface area (Å²) < 4.78 is 13.8. The summed E-state index contributed by atoms with van der Waals surface area (Å²) in [5, 5.41) is 0. The molecule has 0 spiro atoms. The smallest absolute Gasteiger partial charge is 0.338 e. The van der Waals surface area contributed by atoms with Crippen LogP contribution in [0.3, 0.4) is 0 Å². The second-order valence-corrected chi connectivity index (χ2v) is 11.3. The van der Waals surface area contributed by atoms with Gasteiger partial charge in [0.25, 0.3) is 5.56 Å². The second-order valence-electron chi connectivity index (χ2n) is 8.59. The van der Waals surface area contributed by atoms with E-state index in [9.17, 15) is 9.59 Å². The predicted octanol–water partition coefficient (Wildman–Crippen LogP) is 5.43. The van der Waals surface area contributed by atoms with Crippen molar-refractivity contribution in [3.05, 3.63) is 119 Å². The van der Waals surface area contributed by atoms with Gasteiger partial charge in [0, 0.05) is 14.9 Å². The van der Waals surface area contributed by atoms with E-state index in [0.29, 0.717) is 26.4 Å². The van der Waals surface area contributed by atoms with Gasteiger partial charge >= 0.3 is 5.97 Å². The second kappa shape index (κ2) is 11.8. The van der Waals surface area contributed by atoms with Crippen LogP contribution in [0.5, 0.6) is 5.75 Å². The molecule has 0 amide bonds. The van der Waals surface area contributed by atoms with Crippen LogP contribution >= 0.6 is 39.0 Å². The molecule has 0 radical (unpaired) electrons. The van der Waals surface area contributed by atoms with Crippen LogP contribution in [0.25, 0.3) is 11.8 Å². The zero-order valence-electron chi connectivity index (χ0n) is 21.5. The highest BCUT2D eigenvalue weighted by molar-refractivity contribution is 9.10. The minimum absolute atomic E-state index is 0.205. The molecule has 0 unspecified atom stereocenters. The lowest BCUT2D eigenvalue weighted by atomic mass is 9.93. The van der Waals surface area contributed by atoms with E-state index in [0.717, 1.165) is 26.1 Å².